The summed E-state index contributed by atoms with van der Waals surface area (Å²) in [6.07, 6.45) is 0. The Hall–Kier alpha value is -2.83. The van der Waals surface area contributed by atoms with Crippen LogP contribution >= 0.6 is 0 Å². The number of benzene rings is 1. The molecule has 0 spiro atoms. The fraction of sp³-hybridized carbons (Fsp3) is 0.522. The predicted molar refractivity (Wildman–Crippen MR) is 115 cm³/mol. The van der Waals surface area contributed by atoms with Crippen LogP contribution in [0.1, 0.15) is 46.2 Å². The molecular weight excluding hydrogens is 380 g/mol. The second-order valence-electron chi connectivity index (χ2n) is 8.66. The van der Waals surface area contributed by atoms with E-state index in [0.717, 1.165) is 5.56 Å². The number of nitrogens with zero attached hydrogens (tertiary/aromatic N) is 2. The highest BCUT2D eigenvalue weighted by molar-refractivity contribution is 6.03. The maximum absolute atomic E-state index is 13.6. The molecule has 7 heteroatoms. The molecule has 1 aromatic carbocycles. The number of rotatable bonds is 7. The van der Waals surface area contributed by atoms with E-state index >= 15 is 0 Å². The third-order valence-corrected chi connectivity index (χ3v) is 5.62. The van der Waals surface area contributed by atoms with Crippen molar-refractivity contribution in [2.75, 3.05) is 19.6 Å². The van der Waals surface area contributed by atoms with Crippen molar-refractivity contribution in [1.29, 1.82) is 0 Å². The molecule has 3 rings (SSSR count). The predicted octanol–water partition coefficient (Wildman–Crippen LogP) is 2.67. The van der Waals surface area contributed by atoms with Crippen molar-refractivity contribution < 1.29 is 14.4 Å². The molecular formula is C23H32N4O3. The van der Waals surface area contributed by atoms with Gasteiger partial charge in [-0.3, -0.25) is 14.5 Å². The largest absolute Gasteiger partial charge is 0.354 e. The van der Waals surface area contributed by atoms with Gasteiger partial charge in [0, 0.05) is 13.1 Å². The summed E-state index contributed by atoms with van der Waals surface area (Å²) >= 11 is 0. The lowest BCUT2D eigenvalue weighted by atomic mass is 9.95. The molecule has 2 atom stereocenters. The highest BCUT2D eigenvalue weighted by Gasteiger charge is 2.47. The zero-order chi connectivity index (χ0) is 22.0. The van der Waals surface area contributed by atoms with Crippen LogP contribution in [0.5, 0.6) is 0 Å². The lowest BCUT2D eigenvalue weighted by molar-refractivity contribution is -0.138. The van der Waals surface area contributed by atoms with Gasteiger partial charge in [0.15, 0.2) is 0 Å². The Balaban J connectivity index is 1.96. The molecule has 0 fully saturated rings. The average molecular weight is 413 g/mol. The maximum Gasteiger partial charge on any atom is 0.322 e. The third kappa shape index (κ3) is 4.06. The van der Waals surface area contributed by atoms with Gasteiger partial charge >= 0.3 is 6.03 Å². The monoisotopic (exact) mass is 412 g/mol. The molecule has 2 aliphatic rings. The smallest absolute Gasteiger partial charge is 0.322 e. The first-order valence-electron chi connectivity index (χ1n) is 10.7. The fourth-order valence-corrected chi connectivity index (χ4v) is 4.18. The summed E-state index contributed by atoms with van der Waals surface area (Å²) in [5.41, 5.74) is 2.11. The van der Waals surface area contributed by atoms with Crippen molar-refractivity contribution in [3.8, 4) is 0 Å². The molecule has 0 unspecified atom stereocenters. The molecule has 2 N–H and O–H groups in total. The minimum absolute atomic E-state index is 0.0589. The van der Waals surface area contributed by atoms with Crippen LogP contribution < -0.4 is 10.6 Å². The number of hydrogen-bond acceptors (Lipinski definition) is 3. The van der Waals surface area contributed by atoms with Crippen molar-refractivity contribution in [1.82, 2.24) is 20.4 Å². The Bertz CT molecular complexity index is 847. The average Bonchev–Trinajstić information content (AvgIpc) is 3.03. The summed E-state index contributed by atoms with van der Waals surface area (Å²) in [5.74, 6) is -0.0696. The molecule has 0 aromatic heterocycles. The zero-order valence-electron chi connectivity index (χ0n) is 18.4. The molecule has 0 radical (unpaired) electrons. The third-order valence-electron chi connectivity index (χ3n) is 5.62. The van der Waals surface area contributed by atoms with Crippen LogP contribution in [-0.4, -0.2) is 53.3 Å². The van der Waals surface area contributed by atoms with Crippen molar-refractivity contribution in [3.63, 3.8) is 0 Å². The summed E-state index contributed by atoms with van der Waals surface area (Å²) in [4.78, 5) is 42.6. The number of carbonyl (C=O) groups is 3. The second kappa shape index (κ2) is 8.90. The van der Waals surface area contributed by atoms with Gasteiger partial charge in [-0.2, -0.15) is 0 Å². The molecule has 162 valence electrons. The second-order valence-corrected chi connectivity index (χ2v) is 8.66. The summed E-state index contributed by atoms with van der Waals surface area (Å²) in [5, 5.41) is 5.95. The van der Waals surface area contributed by atoms with Gasteiger partial charge < -0.3 is 15.5 Å². The first kappa shape index (κ1) is 21.9. The first-order chi connectivity index (χ1) is 14.3. The molecule has 0 saturated carbocycles. The maximum atomic E-state index is 13.6. The minimum atomic E-state index is -0.591. The van der Waals surface area contributed by atoms with E-state index in [1.54, 1.807) is 9.80 Å². The normalized spacial score (nSPS) is 20.0. The van der Waals surface area contributed by atoms with Crippen LogP contribution in [0, 0.1) is 11.8 Å². The SMILES string of the molecule is CCN1C(=O)N[C@H](c2ccccc2)C2=C1CN([C@H](C(=O)NCC(C)C)C(C)C)C2=O. The van der Waals surface area contributed by atoms with E-state index in [0.29, 0.717) is 30.3 Å². The highest BCUT2D eigenvalue weighted by atomic mass is 16.2. The lowest BCUT2D eigenvalue weighted by Crippen LogP contribution is -2.52. The van der Waals surface area contributed by atoms with Crippen molar-refractivity contribution in [2.24, 2.45) is 11.8 Å². The standard InChI is InChI=1S/C23H32N4O3/c1-6-26-17-13-27(20(15(4)5)21(28)24-12-14(2)3)22(29)18(17)19(25-23(26)30)16-10-8-7-9-11-16/h7-11,14-15,19-20H,6,12-13H2,1-5H3,(H,24,28)(H,25,30)/t19-,20+/m1/s1. The van der Waals surface area contributed by atoms with E-state index in [1.807, 2.05) is 65.0 Å². The Kier molecular flexibility index (Phi) is 6.48. The molecule has 2 aliphatic heterocycles. The van der Waals surface area contributed by atoms with Crippen LogP contribution in [0.3, 0.4) is 0 Å². The van der Waals surface area contributed by atoms with Gasteiger partial charge in [-0.15, -0.1) is 0 Å². The molecule has 0 saturated heterocycles. The number of hydrogen-bond donors (Lipinski definition) is 2. The Labute approximate surface area is 178 Å². The van der Waals surface area contributed by atoms with Gasteiger partial charge in [0.25, 0.3) is 5.91 Å². The quantitative estimate of drug-likeness (QED) is 0.722. The van der Waals surface area contributed by atoms with Gasteiger partial charge in [0.2, 0.25) is 5.91 Å². The van der Waals surface area contributed by atoms with Gasteiger partial charge in [0.1, 0.15) is 6.04 Å². The summed E-state index contributed by atoms with van der Waals surface area (Å²) in [6.45, 7) is 11.1. The Morgan fingerprint density at radius 3 is 2.40 bits per heavy atom. The number of nitrogens with one attached hydrogen (secondary N) is 2. The zero-order valence-corrected chi connectivity index (χ0v) is 18.4. The minimum Gasteiger partial charge on any atom is -0.354 e. The summed E-state index contributed by atoms with van der Waals surface area (Å²) in [6, 6.07) is 8.17. The van der Waals surface area contributed by atoms with Crippen LogP contribution in [0.15, 0.2) is 41.6 Å². The number of likely N-dealkylation sites (N-methyl/N-ethyl adjacent to an activating group) is 1. The van der Waals surface area contributed by atoms with Crippen LogP contribution in [0.2, 0.25) is 0 Å². The van der Waals surface area contributed by atoms with Crippen LogP contribution in [-0.2, 0) is 9.59 Å². The van der Waals surface area contributed by atoms with Crippen molar-refractivity contribution >= 4 is 17.8 Å². The van der Waals surface area contributed by atoms with E-state index < -0.39 is 12.1 Å². The van der Waals surface area contributed by atoms with Crippen LogP contribution in [0.4, 0.5) is 4.79 Å². The first-order valence-corrected chi connectivity index (χ1v) is 10.7. The molecule has 1 aromatic rings. The molecule has 2 heterocycles. The number of urea groups is 1. The van der Waals surface area contributed by atoms with E-state index in [9.17, 15) is 14.4 Å². The van der Waals surface area contributed by atoms with E-state index in [1.165, 1.54) is 0 Å². The fourth-order valence-electron chi connectivity index (χ4n) is 4.18. The topological polar surface area (TPSA) is 81.8 Å². The Morgan fingerprint density at radius 1 is 1.17 bits per heavy atom. The van der Waals surface area contributed by atoms with E-state index in [4.69, 9.17) is 0 Å². The highest BCUT2D eigenvalue weighted by Crippen LogP contribution is 2.37. The van der Waals surface area contributed by atoms with E-state index in [2.05, 4.69) is 10.6 Å². The van der Waals surface area contributed by atoms with Gasteiger partial charge in [-0.05, 0) is 24.3 Å². The van der Waals surface area contributed by atoms with Crippen LogP contribution in [0.25, 0.3) is 0 Å². The molecule has 0 aliphatic carbocycles. The van der Waals surface area contributed by atoms with Gasteiger partial charge in [-0.25, -0.2) is 4.79 Å². The molecule has 30 heavy (non-hydrogen) atoms. The molecule has 4 amide bonds. The van der Waals surface area contributed by atoms with Gasteiger partial charge in [0.05, 0.1) is 23.9 Å². The summed E-state index contributed by atoms with van der Waals surface area (Å²) < 4.78 is 0. The lowest BCUT2D eigenvalue weighted by Gasteiger charge is -2.33. The van der Waals surface area contributed by atoms with Crippen molar-refractivity contribution in [3.05, 3.63) is 47.2 Å². The molecule has 0 bridgehead atoms. The van der Waals surface area contributed by atoms with E-state index in [-0.39, 0.29) is 30.3 Å². The Morgan fingerprint density at radius 2 is 1.83 bits per heavy atom. The van der Waals surface area contributed by atoms with Gasteiger partial charge in [-0.1, -0.05) is 58.0 Å². The van der Waals surface area contributed by atoms with Crippen molar-refractivity contribution in [2.45, 2.75) is 46.7 Å². The number of amides is 4. The summed E-state index contributed by atoms with van der Waals surface area (Å²) in [7, 11) is 0. The molecule has 7 nitrogen and oxygen atoms in total. The number of carbonyl (C=O) groups excluding carboxylic acids is 3.